The molecule has 5 nitrogen and oxygen atoms in total. The van der Waals surface area contributed by atoms with Crippen LogP contribution in [0.15, 0.2) is 42.5 Å². The van der Waals surface area contributed by atoms with Crippen molar-refractivity contribution in [2.75, 3.05) is 27.3 Å². The van der Waals surface area contributed by atoms with E-state index in [0.717, 1.165) is 24.0 Å². The van der Waals surface area contributed by atoms with Crippen molar-refractivity contribution in [1.29, 1.82) is 0 Å². The minimum Gasteiger partial charge on any atom is -0.493 e. The molecule has 0 bridgehead atoms. The molecule has 0 radical (unpaired) electrons. The third kappa shape index (κ3) is 6.27. The maximum absolute atomic E-state index is 13.1. The van der Waals surface area contributed by atoms with E-state index in [2.05, 4.69) is 10.6 Å². The maximum atomic E-state index is 13.1. The zero-order chi connectivity index (χ0) is 18.8. The Kier molecular flexibility index (Phi) is 7.74. The molecule has 2 N–H and O–H groups in total. The molecule has 6 heteroatoms. The molecule has 2 amide bonds. The number of carbonyl (C=O) groups excluding carboxylic acids is 1. The van der Waals surface area contributed by atoms with Gasteiger partial charge in [0.05, 0.1) is 14.2 Å². The molecule has 0 heterocycles. The number of aryl methyl sites for hydroxylation is 1. The first kappa shape index (κ1) is 19.6. The summed E-state index contributed by atoms with van der Waals surface area (Å²) in [6.07, 6.45) is 2.23. The molecule has 0 unspecified atom stereocenters. The maximum Gasteiger partial charge on any atom is 0.314 e. The van der Waals surface area contributed by atoms with Crippen LogP contribution in [-0.2, 0) is 12.8 Å². The first-order valence-electron chi connectivity index (χ1n) is 8.59. The van der Waals surface area contributed by atoms with E-state index in [1.54, 1.807) is 20.3 Å². The number of nitrogens with one attached hydrogen (secondary N) is 2. The van der Waals surface area contributed by atoms with Gasteiger partial charge in [-0.05, 0) is 54.7 Å². The van der Waals surface area contributed by atoms with Gasteiger partial charge in [0.1, 0.15) is 5.82 Å². The van der Waals surface area contributed by atoms with Crippen LogP contribution in [0.1, 0.15) is 17.5 Å². The lowest BCUT2D eigenvalue weighted by Crippen LogP contribution is -2.37. The minimum absolute atomic E-state index is 0.214. The van der Waals surface area contributed by atoms with Crippen LogP contribution in [0.4, 0.5) is 9.18 Å². The summed E-state index contributed by atoms with van der Waals surface area (Å²) in [5.41, 5.74) is 1.98. The second-order valence-electron chi connectivity index (χ2n) is 5.86. The number of ether oxygens (including phenoxy) is 2. The zero-order valence-electron chi connectivity index (χ0n) is 15.2. The molecule has 0 saturated carbocycles. The molecule has 2 aromatic carbocycles. The molecular formula is C20H25FN2O3. The Morgan fingerprint density at radius 2 is 1.65 bits per heavy atom. The summed E-state index contributed by atoms with van der Waals surface area (Å²) in [6.45, 7) is 1.03. The van der Waals surface area contributed by atoms with Crippen molar-refractivity contribution in [2.24, 2.45) is 0 Å². The van der Waals surface area contributed by atoms with E-state index < -0.39 is 0 Å². The topological polar surface area (TPSA) is 59.6 Å². The van der Waals surface area contributed by atoms with Crippen LogP contribution in [-0.4, -0.2) is 33.3 Å². The molecule has 2 rings (SSSR count). The van der Waals surface area contributed by atoms with Crippen LogP contribution < -0.4 is 20.1 Å². The number of rotatable bonds is 9. The summed E-state index contributed by atoms with van der Waals surface area (Å²) in [4.78, 5) is 11.8. The molecule has 0 aliphatic rings. The highest BCUT2D eigenvalue weighted by atomic mass is 19.1. The lowest BCUT2D eigenvalue weighted by atomic mass is 10.1. The van der Waals surface area contributed by atoms with Crippen molar-refractivity contribution in [1.82, 2.24) is 10.6 Å². The van der Waals surface area contributed by atoms with Gasteiger partial charge in [-0.1, -0.05) is 18.2 Å². The highest BCUT2D eigenvalue weighted by Crippen LogP contribution is 2.27. The van der Waals surface area contributed by atoms with E-state index in [0.29, 0.717) is 31.0 Å². The van der Waals surface area contributed by atoms with E-state index in [1.165, 1.54) is 12.1 Å². The Labute approximate surface area is 153 Å². The van der Waals surface area contributed by atoms with E-state index >= 15 is 0 Å². The van der Waals surface area contributed by atoms with Crippen molar-refractivity contribution in [2.45, 2.75) is 19.3 Å². The predicted octanol–water partition coefficient (Wildman–Crippen LogP) is 3.32. The third-order valence-electron chi connectivity index (χ3n) is 3.96. The Bertz CT molecular complexity index is 722. The number of carbonyl (C=O) groups is 1. The molecule has 0 aliphatic carbocycles. The summed E-state index contributed by atoms with van der Waals surface area (Å²) >= 11 is 0. The Morgan fingerprint density at radius 1 is 0.923 bits per heavy atom. The second-order valence-corrected chi connectivity index (χ2v) is 5.86. The Hall–Kier alpha value is -2.76. The summed E-state index contributed by atoms with van der Waals surface area (Å²) in [5.74, 6) is 1.14. The largest absolute Gasteiger partial charge is 0.493 e. The van der Waals surface area contributed by atoms with E-state index in [-0.39, 0.29) is 11.8 Å². The molecule has 0 fully saturated rings. The zero-order valence-corrected chi connectivity index (χ0v) is 15.2. The smallest absolute Gasteiger partial charge is 0.314 e. The van der Waals surface area contributed by atoms with Gasteiger partial charge in [0.25, 0.3) is 0 Å². The molecule has 0 atom stereocenters. The highest BCUT2D eigenvalue weighted by Gasteiger charge is 2.05. The fourth-order valence-corrected chi connectivity index (χ4v) is 2.61. The average Bonchev–Trinajstić information content (AvgIpc) is 2.65. The van der Waals surface area contributed by atoms with Gasteiger partial charge >= 0.3 is 6.03 Å². The van der Waals surface area contributed by atoms with Crippen LogP contribution in [0.5, 0.6) is 11.5 Å². The van der Waals surface area contributed by atoms with Crippen molar-refractivity contribution in [3.8, 4) is 11.5 Å². The van der Waals surface area contributed by atoms with Gasteiger partial charge in [-0.3, -0.25) is 0 Å². The summed E-state index contributed by atoms with van der Waals surface area (Å²) in [6, 6.07) is 12.0. The lowest BCUT2D eigenvalue weighted by Gasteiger charge is -2.10. The Morgan fingerprint density at radius 3 is 2.38 bits per heavy atom. The van der Waals surface area contributed by atoms with Gasteiger partial charge in [-0.2, -0.15) is 0 Å². The van der Waals surface area contributed by atoms with Gasteiger partial charge in [-0.25, -0.2) is 9.18 Å². The number of hydrogen-bond acceptors (Lipinski definition) is 3. The minimum atomic E-state index is -0.262. The van der Waals surface area contributed by atoms with Gasteiger partial charge in [0.15, 0.2) is 11.5 Å². The van der Waals surface area contributed by atoms with Gasteiger partial charge in [0, 0.05) is 13.1 Å². The van der Waals surface area contributed by atoms with Crippen LogP contribution in [0.2, 0.25) is 0 Å². The lowest BCUT2D eigenvalue weighted by molar-refractivity contribution is 0.241. The average molecular weight is 360 g/mol. The molecule has 0 saturated heterocycles. The number of halogens is 1. The second kappa shape index (κ2) is 10.3. The predicted molar refractivity (Wildman–Crippen MR) is 99.4 cm³/mol. The molecule has 0 spiro atoms. The number of urea groups is 1. The molecule has 2 aromatic rings. The Balaban J connectivity index is 1.64. The van der Waals surface area contributed by atoms with Crippen molar-refractivity contribution < 1.29 is 18.7 Å². The molecule has 140 valence electrons. The summed E-state index contributed by atoms with van der Waals surface area (Å²) < 4.78 is 23.6. The first-order chi connectivity index (χ1) is 12.6. The van der Waals surface area contributed by atoms with Crippen LogP contribution >= 0.6 is 0 Å². The van der Waals surface area contributed by atoms with E-state index in [1.807, 2.05) is 24.3 Å². The van der Waals surface area contributed by atoms with Crippen LogP contribution in [0.25, 0.3) is 0 Å². The van der Waals surface area contributed by atoms with Gasteiger partial charge in [0.2, 0.25) is 0 Å². The fraction of sp³-hybridized carbons (Fsp3) is 0.350. The number of hydrogen-bond donors (Lipinski definition) is 2. The molecule has 0 aromatic heterocycles. The van der Waals surface area contributed by atoms with Crippen LogP contribution in [0.3, 0.4) is 0 Å². The molecule has 26 heavy (non-hydrogen) atoms. The quantitative estimate of drug-likeness (QED) is 0.675. The van der Waals surface area contributed by atoms with E-state index in [9.17, 15) is 9.18 Å². The van der Waals surface area contributed by atoms with Crippen molar-refractivity contribution in [3.63, 3.8) is 0 Å². The van der Waals surface area contributed by atoms with Gasteiger partial charge in [-0.15, -0.1) is 0 Å². The highest BCUT2D eigenvalue weighted by molar-refractivity contribution is 5.73. The van der Waals surface area contributed by atoms with Crippen molar-refractivity contribution in [3.05, 3.63) is 59.4 Å². The number of methoxy groups -OCH3 is 2. The fourth-order valence-electron chi connectivity index (χ4n) is 2.61. The molecule has 0 aliphatic heterocycles. The third-order valence-corrected chi connectivity index (χ3v) is 3.96. The van der Waals surface area contributed by atoms with Crippen LogP contribution in [0, 0.1) is 5.82 Å². The van der Waals surface area contributed by atoms with Crippen molar-refractivity contribution >= 4 is 6.03 Å². The molecular weight excluding hydrogens is 335 g/mol. The van der Waals surface area contributed by atoms with E-state index in [4.69, 9.17) is 9.47 Å². The monoisotopic (exact) mass is 360 g/mol. The normalized spacial score (nSPS) is 10.3. The standard InChI is InChI=1S/C20H25FN2O3/c1-25-18-9-8-15(14-19(18)26-2)6-4-11-22-20(24)23-12-10-16-5-3-7-17(21)13-16/h3,5,7-9,13-14H,4,6,10-12H2,1-2H3,(H2,22,23,24). The number of benzene rings is 2. The number of amides is 2. The summed E-state index contributed by atoms with van der Waals surface area (Å²) in [7, 11) is 3.21. The SMILES string of the molecule is COc1ccc(CCCNC(=O)NCCc2cccc(F)c2)cc1OC. The van der Waals surface area contributed by atoms with Gasteiger partial charge < -0.3 is 20.1 Å². The first-order valence-corrected chi connectivity index (χ1v) is 8.59. The summed E-state index contributed by atoms with van der Waals surface area (Å²) in [5, 5.41) is 5.60.